The van der Waals surface area contributed by atoms with Gasteiger partial charge in [0.1, 0.15) is 28.6 Å². The number of allylic oxidation sites excluding steroid dienone is 2. The summed E-state index contributed by atoms with van der Waals surface area (Å²) in [4.78, 5) is 40.6. The quantitative estimate of drug-likeness (QED) is 0.00586. The van der Waals surface area contributed by atoms with Crippen LogP contribution in [0.4, 0.5) is 96.7 Å². The second-order valence-corrected chi connectivity index (χ2v) is 22.0. The van der Waals surface area contributed by atoms with Crippen LogP contribution in [0.5, 0.6) is 17.2 Å². The van der Waals surface area contributed by atoms with E-state index in [0.29, 0.717) is 110 Å². The third kappa shape index (κ3) is 27.2. The number of aliphatic hydroxyl groups is 7. The summed E-state index contributed by atoms with van der Waals surface area (Å²) in [5, 5.41) is 117. The third-order valence-corrected chi connectivity index (χ3v) is 14.9. The SMILES string of the molecule is CCOc1ccc(NC2=CC(=Nc3ccc(N(CCO)CCO)cc3)C(N)=CC2=N)cc1.CCOc1ccc(Nc2cc(Nc3ccc(N(CCO)CCO)cc3)c(N)cc2N)cc1.CCOc1ccc(Nc2cc(Nc3ccc(N(CCO)CCO)cc3)c([N+](=O)[O-])cc2[N+](=O)[O-])cc1.CO.N.O=CO. The highest BCUT2D eigenvalue weighted by atomic mass is 16.6. The molecule has 0 aromatic heterocycles. The lowest BCUT2D eigenvalue weighted by Crippen LogP contribution is -2.29. The largest absolute Gasteiger partial charge is 0.494 e. The molecule has 32 nitrogen and oxygen atoms in total. The van der Waals surface area contributed by atoms with Gasteiger partial charge in [-0.15, -0.1) is 0 Å². The number of rotatable bonds is 34. The first-order chi connectivity index (χ1) is 50.8. The number of nitro groups is 2. The van der Waals surface area contributed by atoms with Crippen molar-refractivity contribution in [3.63, 3.8) is 0 Å². The molecule has 9 rings (SSSR count). The maximum absolute atomic E-state index is 11.7. The molecule has 0 bridgehead atoms. The van der Waals surface area contributed by atoms with Crippen LogP contribution in [0.15, 0.2) is 198 Å². The van der Waals surface area contributed by atoms with Crippen LogP contribution >= 0.6 is 0 Å². The first-order valence-electron chi connectivity index (χ1n) is 33.1. The number of nitrogens with one attached hydrogen (secondary N) is 6. The Morgan fingerprint density at radius 1 is 0.453 bits per heavy atom. The number of nitrogens with two attached hydrogens (primary N) is 3. The van der Waals surface area contributed by atoms with E-state index in [4.69, 9.17) is 51.8 Å². The van der Waals surface area contributed by atoms with Crippen molar-refractivity contribution in [2.75, 3.05) is 159 Å². The van der Waals surface area contributed by atoms with Crippen LogP contribution < -0.4 is 78.8 Å². The average molecular weight is 1470 g/mol. The minimum atomic E-state index is -0.686. The van der Waals surface area contributed by atoms with E-state index in [9.17, 15) is 50.9 Å². The van der Waals surface area contributed by atoms with Crippen molar-refractivity contribution in [3.05, 3.63) is 214 Å². The van der Waals surface area contributed by atoms with Crippen molar-refractivity contribution < 1.29 is 69.7 Å². The van der Waals surface area contributed by atoms with Gasteiger partial charge in [0.05, 0.1) is 127 Å². The predicted molar refractivity (Wildman–Crippen MR) is 420 cm³/mol. The van der Waals surface area contributed by atoms with Crippen molar-refractivity contribution in [2.24, 2.45) is 10.7 Å². The van der Waals surface area contributed by atoms with Crippen molar-refractivity contribution in [2.45, 2.75) is 20.8 Å². The van der Waals surface area contributed by atoms with E-state index >= 15 is 0 Å². The zero-order chi connectivity index (χ0) is 76.6. The fourth-order valence-corrected chi connectivity index (χ4v) is 10.1. The Morgan fingerprint density at radius 3 is 1.04 bits per heavy atom. The summed E-state index contributed by atoms with van der Waals surface area (Å²) >= 11 is 0. The minimum Gasteiger partial charge on any atom is -0.494 e. The van der Waals surface area contributed by atoms with E-state index in [-0.39, 0.29) is 69.4 Å². The molecule has 0 atom stereocenters. The number of nitro benzene ring substituents is 2. The van der Waals surface area contributed by atoms with E-state index in [1.54, 1.807) is 71.6 Å². The van der Waals surface area contributed by atoms with E-state index in [0.717, 1.165) is 70.2 Å². The van der Waals surface area contributed by atoms with E-state index in [2.05, 4.69) is 31.6 Å². The number of nitrogen functional groups attached to an aromatic ring is 2. The molecule has 0 amide bonds. The van der Waals surface area contributed by atoms with Gasteiger partial charge in [-0.3, -0.25) is 30.4 Å². The van der Waals surface area contributed by atoms with Crippen LogP contribution in [-0.4, -0.2) is 174 Å². The number of nitrogens with zero attached hydrogens (tertiary/aromatic N) is 6. The molecular weight excluding hydrogens is 1370 g/mol. The van der Waals surface area contributed by atoms with Crippen molar-refractivity contribution >= 4 is 115 Å². The second kappa shape index (κ2) is 46.4. The predicted octanol–water partition coefficient (Wildman–Crippen LogP) is 10.00. The molecule has 1 aliphatic carbocycles. The Hall–Kier alpha value is -12.3. The van der Waals surface area contributed by atoms with Crippen molar-refractivity contribution in [1.29, 1.82) is 5.41 Å². The molecule has 0 saturated heterocycles. The summed E-state index contributed by atoms with van der Waals surface area (Å²) in [6.45, 7) is 9.56. The molecule has 568 valence electrons. The fraction of sp³-hybridized carbons (Fsp3) is 0.257. The maximum atomic E-state index is 11.7. The van der Waals surface area contributed by atoms with Gasteiger partial charge in [0.2, 0.25) is 0 Å². The van der Waals surface area contributed by atoms with Gasteiger partial charge < -0.3 is 120 Å². The lowest BCUT2D eigenvalue weighted by Gasteiger charge is -2.23. The van der Waals surface area contributed by atoms with Gasteiger partial charge in [0.25, 0.3) is 17.8 Å². The van der Waals surface area contributed by atoms with Crippen LogP contribution in [0.25, 0.3) is 0 Å². The summed E-state index contributed by atoms with van der Waals surface area (Å²) in [5.74, 6) is 2.24. The summed E-state index contributed by atoms with van der Waals surface area (Å²) in [6, 6.07) is 49.8. The number of aliphatic hydroxyl groups excluding tert-OH is 7. The molecule has 8 aromatic carbocycles. The van der Waals surface area contributed by atoms with Crippen LogP contribution in [0, 0.1) is 25.6 Å². The van der Waals surface area contributed by atoms with Gasteiger partial charge in [-0.2, -0.15) is 0 Å². The number of aliphatic imine (C=N–C) groups is 1. The topological polar surface area (TPSA) is 512 Å². The Labute approximate surface area is 614 Å². The van der Waals surface area contributed by atoms with Gasteiger partial charge in [0, 0.05) is 91.9 Å². The number of carbonyl (C=O) groups is 1. The first-order valence-corrected chi connectivity index (χ1v) is 33.1. The third-order valence-electron chi connectivity index (χ3n) is 14.9. The zero-order valence-electron chi connectivity index (χ0n) is 59.5. The molecule has 0 aliphatic heterocycles. The number of carboxylic acid groups (broad SMARTS) is 1. The molecule has 0 spiro atoms. The fourth-order valence-electron chi connectivity index (χ4n) is 10.1. The Bertz CT molecular complexity index is 4060. The molecular formula is C74H96N16O16. The molecule has 0 heterocycles. The number of hydrogen-bond donors (Lipinski definition) is 18. The van der Waals surface area contributed by atoms with Gasteiger partial charge in [-0.05, 0) is 197 Å². The van der Waals surface area contributed by atoms with E-state index in [1.807, 2.05) is 134 Å². The number of hydrogen-bond acceptors (Lipinski definition) is 29. The minimum absolute atomic E-state index is 0. The molecule has 23 N–H and O–H groups in total. The Kier molecular flexibility index (Phi) is 37.7. The van der Waals surface area contributed by atoms with Crippen LogP contribution in [0.1, 0.15) is 20.8 Å². The summed E-state index contributed by atoms with van der Waals surface area (Å²) in [6.07, 6.45) is 3.33. The van der Waals surface area contributed by atoms with Gasteiger partial charge in [-0.25, -0.2) is 4.99 Å². The number of ether oxygens (including phenoxy) is 3. The standard InChI is InChI=1S/C24H27N5O7.C24H31N5O3.C24H29N5O3.CH2O2.CH4O.H3N/c1-2-36-20-9-5-18(6-10-20)26-22-15-21(23(28(32)33)16-24(22)29(34)35)25-17-3-7-19(8-4-17)27(11-13-30)12-14-31;2*1-2-32-20-9-5-18(6-10-20)28-24-16-23(21(25)15-22(24)26)27-17-3-7-19(8-4-17)29(11-13-30)12-14-31;2-1-3;1-2;/h3-10,15-16,25-26,30-31H,2,11-14H2,1H3;3-10,15-16,27-28,30-31H,2,11-14,25-26H2,1H3;3-10,15-16,26,28,30-31H,2,11-14,25H2,1H3;1H,(H,2,3);2H,1H3;1H3. The van der Waals surface area contributed by atoms with Crippen LogP contribution in [0.2, 0.25) is 0 Å². The molecule has 8 aromatic rings. The van der Waals surface area contributed by atoms with Gasteiger partial charge >= 0.3 is 0 Å². The zero-order valence-corrected chi connectivity index (χ0v) is 59.5. The smallest absolute Gasteiger partial charge is 0.299 e. The van der Waals surface area contributed by atoms with Crippen molar-refractivity contribution in [1.82, 2.24) is 6.15 Å². The van der Waals surface area contributed by atoms with Gasteiger partial charge in [-0.1, -0.05) is 0 Å². The maximum Gasteiger partial charge on any atom is 0.299 e. The van der Waals surface area contributed by atoms with Crippen molar-refractivity contribution in [3.8, 4) is 17.2 Å². The molecule has 106 heavy (non-hydrogen) atoms. The summed E-state index contributed by atoms with van der Waals surface area (Å²) in [7, 11) is 1.00. The highest BCUT2D eigenvalue weighted by molar-refractivity contribution is 6.24. The molecule has 0 unspecified atom stereocenters. The Morgan fingerprint density at radius 2 is 0.736 bits per heavy atom. The van der Waals surface area contributed by atoms with Crippen LogP contribution in [0.3, 0.4) is 0 Å². The summed E-state index contributed by atoms with van der Waals surface area (Å²) in [5.41, 5.74) is 29.0. The van der Waals surface area contributed by atoms with E-state index in [1.165, 1.54) is 6.07 Å². The lowest BCUT2D eigenvalue weighted by atomic mass is 10.0. The normalized spacial score (nSPS) is 11.4. The monoisotopic (exact) mass is 1460 g/mol. The number of benzene rings is 8. The highest BCUT2D eigenvalue weighted by Crippen LogP contribution is 2.40. The average Bonchev–Trinajstić information content (AvgIpc) is 0.808. The summed E-state index contributed by atoms with van der Waals surface area (Å²) < 4.78 is 16.3. The Balaban J connectivity index is 0.000000325. The molecule has 1 aliphatic rings. The van der Waals surface area contributed by atoms with E-state index < -0.39 is 21.2 Å². The molecule has 0 radical (unpaired) electrons. The molecule has 0 saturated carbocycles. The second-order valence-electron chi connectivity index (χ2n) is 22.0. The molecule has 32 heteroatoms. The number of anilines is 14. The lowest BCUT2D eigenvalue weighted by molar-refractivity contribution is -0.393. The highest BCUT2D eigenvalue weighted by Gasteiger charge is 2.26. The first kappa shape index (κ1) is 86.1. The molecule has 0 fully saturated rings. The van der Waals surface area contributed by atoms with Gasteiger partial charge in [0.15, 0.2) is 0 Å². The van der Waals surface area contributed by atoms with Crippen LogP contribution in [-0.2, 0) is 4.79 Å².